The number of aryl methyl sites for hydroxylation is 1. The van der Waals surface area contributed by atoms with E-state index in [1.807, 2.05) is 0 Å². The molecule has 112 valence electrons. The molecule has 0 fully saturated rings. The zero-order valence-electron chi connectivity index (χ0n) is 11.9. The van der Waals surface area contributed by atoms with E-state index < -0.39 is 0 Å². The van der Waals surface area contributed by atoms with Crippen molar-refractivity contribution < 1.29 is 0 Å². The van der Waals surface area contributed by atoms with Gasteiger partial charge >= 0.3 is 0 Å². The topological polar surface area (TPSA) is 0 Å². The van der Waals surface area contributed by atoms with Crippen LogP contribution in [-0.2, 0) is 0 Å². The van der Waals surface area contributed by atoms with E-state index in [9.17, 15) is 0 Å². The van der Waals surface area contributed by atoms with Crippen molar-refractivity contribution in [1.82, 2.24) is 0 Å². The summed E-state index contributed by atoms with van der Waals surface area (Å²) in [6, 6.07) is 17.3. The Morgan fingerprint density at radius 3 is 2.00 bits per heavy atom. The van der Waals surface area contributed by atoms with Crippen molar-refractivity contribution in [2.75, 3.05) is 0 Å². The van der Waals surface area contributed by atoms with Gasteiger partial charge in [0, 0.05) is 9.40 Å². The van der Waals surface area contributed by atoms with Gasteiger partial charge in [0.05, 0.1) is 3.74 Å². The minimum Gasteiger partial charge on any atom is -0.144 e. The second-order valence-electron chi connectivity index (χ2n) is 4.98. The van der Waals surface area contributed by atoms with Crippen molar-refractivity contribution in [1.29, 1.82) is 0 Å². The van der Waals surface area contributed by atoms with Crippen LogP contribution in [0.1, 0.15) is 14.9 Å². The molecular formula is C18H14Br2S2. The summed E-state index contributed by atoms with van der Waals surface area (Å²) in [6.45, 7) is 2.12. The molecule has 0 spiro atoms. The molecule has 4 aromatic rings. The van der Waals surface area contributed by atoms with Gasteiger partial charge in [0.15, 0.2) is 0 Å². The number of hydrogen-bond acceptors (Lipinski definition) is 2. The second kappa shape index (κ2) is 7.26. The first-order chi connectivity index (χ1) is 10.6. The molecule has 0 aliphatic rings. The van der Waals surface area contributed by atoms with Crippen LogP contribution in [0.5, 0.6) is 0 Å². The molecule has 4 heteroatoms. The van der Waals surface area contributed by atoms with E-state index >= 15 is 0 Å². The Morgan fingerprint density at radius 1 is 0.773 bits per heavy atom. The predicted molar refractivity (Wildman–Crippen MR) is 109 cm³/mol. The molecule has 0 amide bonds. The number of benzene rings is 2. The molecule has 2 aromatic heterocycles. The van der Waals surface area contributed by atoms with E-state index in [1.54, 1.807) is 22.7 Å². The van der Waals surface area contributed by atoms with Crippen LogP contribution < -0.4 is 0 Å². The van der Waals surface area contributed by atoms with Crippen LogP contribution in [0.2, 0.25) is 0 Å². The highest BCUT2D eigenvalue weighted by molar-refractivity contribution is 9.24. The van der Waals surface area contributed by atoms with Gasteiger partial charge in [0.1, 0.15) is 0 Å². The quantitative estimate of drug-likeness (QED) is 0.257. The maximum absolute atomic E-state index is 3.48. The molecule has 0 radical (unpaired) electrons. The summed E-state index contributed by atoms with van der Waals surface area (Å²) >= 11 is 10.5. The van der Waals surface area contributed by atoms with E-state index in [2.05, 4.69) is 98.1 Å². The normalized spacial score (nSPS) is 10.9. The Balaban J connectivity index is 0.000000133. The molecule has 0 atom stereocenters. The van der Waals surface area contributed by atoms with Gasteiger partial charge in [0.25, 0.3) is 0 Å². The van der Waals surface area contributed by atoms with Gasteiger partial charge in [-0.1, -0.05) is 55.6 Å². The van der Waals surface area contributed by atoms with Gasteiger partial charge in [0.2, 0.25) is 0 Å². The van der Waals surface area contributed by atoms with E-state index in [4.69, 9.17) is 0 Å². The van der Waals surface area contributed by atoms with Crippen LogP contribution in [0.4, 0.5) is 0 Å². The first-order valence-electron chi connectivity index (χ1n) is 6.82. The molecule has 2 heterocycles. The fraction of sp³-hybridized carbons (Fsp3) is 0.111. The SMILES string of the molecule is BrC(Br)c1ccc2sccc2c1.Cc1ccc2sccc2c1. The maximum atomic E-state index is 3.48. The lowest BCUT2D eigenvalue weighted by atomic mass is 10.2. The highest BCUT2D eigenvalue weighted by Crippen LogP contribution is 2.32. The lowest BCUT2D eigenvalue weighted by Crippen LogP contribution is -1.77. The zero-order chi connectivity index (χ0) is 15.5. The lowest BCUT2D eigenvalue weighted by molar-refractivity contribution is 1.46. The molecule has 4 rings (SSSR count). The van der Waals surface area contributed by atoms with Gasteiger partial charge in [-0.3, -0.25) is 0 Å². The number of fused-ring (bicyclic) bond motifs is 2. The summed E-state index contributed by atoms with van der Waals surface area (Å²) < 4.78 is 2.99. The fourth-order valence-corrected chi connectivity index (χ4v) is 4.32. The average Bonchev–Trinajstić information content (AvgIpc) is 3.14. The fourth-order valence-electron chi connectivity index (χ4n) is 2.21. The average molecular weight is 454 g/mol. The minimum absolute atomic E-state index is 0.259. The summed E-state index contributed by atoms with van der Waals surface area (Å²) in [4.78, 5) is 0. The van der Waals surface area contributed by atoms with Gasteiger partial charge in [-0.15, -0.1) is 22.7 Å². The van der Waals surface area contributed by atoms with Crippen molar-refractivity contribution in [2.45, 2.75) is 10.7 Å². The molecule has 0 saturated carbocycles. The van der Waals surface area contributed by atoms with Gasteiger partial charge in [-0.25, -0.2) is 0 Å². The number of halogens is 2. The highest BCUT2D eigenvalue weighted by Gasteiger charge is 2.03. The minimum atomic E-state index is 0.259. The molecule has 0 aliphatic heterocycles. The third-order valence-electron chi connectivity index (χ3n) is 3.34. The van der Waals surface area contributed by atoms with Crippen LogP contribution in [0.15, 0.2) is 59.3 Å². The summed E-state index contributed by atoms with van der Waals surface area (Å²) in [7, 11) is 0. The highest BCUT2D eigenvalue weighted by atomic mass is 79.9. The van der Waals surface area contributed by atoms with E-state index in [0.29, 0.717) is 0 Å². The van der Waals surface area contributed by atoms with Gasteiger partial charge in [-0.2, -0.15) is 0 Å². The van der Waals surface area contributed by atoms with Crippen molar-refractivity contribution in [3.05, 3.63) is 70.4 Å². The summed E-state index contributed by atoms with van der Waals surface area (Å²) in [5.74, 6) is 0. The van der Waals surface area contributed by atoms with Crippen LogP contribution in [0.3, 0.4) is 0 Å². The van der Waals surface area contributed by atoms with Crippen molar-refractivity contribution in [2.24, 2.45) is 0 Å². The molecule has 0 unspecified atom stereocenters. The Labute approximate surface area is 155 Å². The summed E-state index contributed by atoms with van der Waals surface area (Å²) in [5, 5.41) is 6.93. The van der Waals surface area contributed by atoms with Gasteiger partial charge < -0.3 is 0 Å². The van der Waals surface area contributed by atoms with Crippen LogP contribution in [0.25, 0.3) is 20.2 Å². The maximum Gasteiger partial charge on any atom is 0.0946 e. The largest absolute Gasteiger partial charge is 0.144 e. The summed E-state index contributed by atoms with van der Waals surface area (Å²) in [6.07, 6.45) is 0. The molecule has 0 saturated heterocycles. The Bertz CT molecular complexity index is 890. The first-order valence-corrected chi connectivity index (χ1v) is 10.4. The van der Waals surface area contributed by atoms with Crippen molar-refractivity contribution in [3.63, 3.8) is 0 Å². The van der Waals surface area contributed by atoms with E-state index in [-0.39, 0.29) is 3.74 Å². The molecule has 22 heavy (non-hydrogen) atoms. The van der Waals surface area contributed by atoms with E-state index in [1.165, 1.54) is 31.3 Å². The monoisotopic (exact) mass is 452 g/mol. The smallest absolute Gasteiger partial charge is 0.0946 e. The Kier molecular flexibility index (Phi) is 5.34. The number of thiophene rings is 2. The Hall–Kier alpha value is -0.680. The van der Waals surface area contributed by atoms with Crippen LogP contribution >= 0.6 is 54.5 Å². The number of hydrogen-bond donors (Lipinski definition) is 0. The first kappa shape index (κ1) is 16.2. The van der Waals surface area contributed by atoms with Crippen LogP contribution in [0, 0.1) is 6.92 Å². The van der Waals surface area contributed by atoms with Crippen molar-refractivity contribution in [3.8, 4) is 0 Å². The van der Waals surface area contributed by atoms with Gasteiger partial charge in [-0.05, 0) is 64.4 Å². The predicted octanol–water partition coefficient (Wildman–Crippen LogP) is 7.90. The Morgan fingerprint density at radius 2 is 1.36 bits per heavy atom. The van der Waals surface area contributed by atoms with Crippen LogP contribution in [-0.4, -0.2) is 0 Å². The molecule has 0 N–H and O–H groups in total. The van der Waals surface area contributed by atoms with Crippen molar-refractivity contribution >= 4 is 74.7 Å². The lowest BCUT2D eigenvalue weighted by Gasteiger charge is -2.00. The molecule has 0 aliphatic carbocycles. The molecule has 0 bridgehead atoms. The third-order valence-corrected chi connectivity index (χ3v) is 6.19. The zero-order valence-corrected chi connectivity index (χ0v) is 16.7. The number of alkyl halides is 2. The third kappa shape index (κ3) is 3.80. The molecule has 0 nitrogen and oxygen atoms in total. The molecule has 2 aromatic carbocycles. The van der Waals surface area contributed by atoms with E-state index in [0.717, 1.165) is 0 Å². The standard InChI is InChI=1S/C9H6Br2S.C9H8S/c10-9(11)7-1-2-8-6(5-7)3-4-12-8;1-7-2-3-9-8(6-7)4-5-10-9/h1-5,9H;2-6H,1H3. The summed E-state index contributed by atoms with van der Waals surface area (Å²) in [5.41, 5.74) is 2.60. The second-order valence-corrected chi connectivity index (χ2v) is 9.94. The molecular weight excluding hydrogens is 440 g/mol. The number of rotatable bonds is 1.